The first-order valence-electron chi connectivity index (χ1n) is 4.81. The number of hydrogen-bond acceptors (Lipinski definition) is 2. The van der Waals surface area contributed by atoms with Gasteiger partial charge in [0.05, 0.1) is 0 Å². The fourth-order valence-corrected chi connectivity index (χ4v) is 1.73. The Balaban J connectivity index is 2.69. The first-order valence-corrected chi connectivity index (χ1v) is 5.89. The van der Waals surface area contributed by atoms with Crippen LogP contribution in [0.5, 0.6) is 0 Å². The van der Waals surface area contributed by atoms with Crippen molar-refractivity contribution in [1.29, 1.82) is 0 Å². The number of aliphatic hydroxyl groups is 1. The summed E-state index contributed by atoms with van der Waals surface area (Å²) in [7, 11) is 0. The van der Waals surface area contributed by atoms with E-state index >= 15 is 0 Å². The lowest BCUT2D eigenvalue weighted by Gasteiger charge is -2.08. The van der Waals surface area contributed by atoms with E-state index in [-0.39, 0.29) is 12.5 Å². The van der Waals surface area contributed by atoms with Crippen molar-refractivity contribution >= 4 is 28.5 Å². The van der Waals surface area contributed by atoms with Gasteiger partial charge in [0.2, 0.25) is 0 Å². The molecule has 0 unspecified atom stereocenters. The van der Waals surface area contributed by atoms with Crippen LogP contribution in [0.2, 0.25) is 0 Å². The van der Waals surface area contributed by atoms with Gasteiger partial charge in [-0.2, -0.15) is 0 Å². The van der Waals surface area contributed by atoms with Crippen molar-refractivity contribution < 1.29 is 9.90 Å². The lowest BCUT2D eigenvalue weighted by Crippen LogP contribution is -2.25. The standard InChI is InChI=1S/C11H14INO2/c1-8-9(4-2-5-10(8)12)11(15)13-6-3-7-14/h2,4-5,14H,3,6-7H2,1H3,(H,13,15). The highest BCUT2D eigenvalue weighted by Gasteiger charge is 2.09. The van der Waals surface area contributed by atoms with E-state index in [9.17, 15) is 4.79 Å². The van der Waals surface area contributed by atoms with E-state index in [1.807, 2.05) is 25.1 Å². The zero-order valence-electron chi connectivity index (χ0n) is 8.59. The Morgan fingerprint density at radius 2 is 2.27 bits per heavy atom. The molecule has 4 heteroatoms. The number of hydrogen-bond donors (Lipinski definition) is 2. The average molecular weight is 319 g/mol. The van der Waals surface area contributed by atoms with Gasteiger partial charge in [-0.15, -0.1) is 0 Å². The van der Waals surface area contributed by atoms with Crippen LogP contribution in [0.25, 0.3) is 0 Å². The molecule has 3 nitrogen and oxygen atoms in total. The lowest BCUT2D eigenvalue weighted by atomic mass is 10.1. The van der Waals surface area contributed by atoms with Gasteiger partial charge >= 0.3 is 0 Å². The number of nitrogens with one attached hydrogen (secondary N) is 1. The molecule has 0 bridgehead atoms. The Kier molecular flexibility index (Phi) is 5.04. The fourth-order valence-electron chi connectivity index (χ4n) is 1.23. The van der Waals surface area contributed by atoms with Crippen LogP contribution in [0.1, 0.15) is 22.3 Å². The summed E-state index contributed by atoms with van der Waals surface area (Å²) in [5.41, 5.74) is 1.71. The third kappa shape index (κ3) is 3.46. The molecule has 0 radical (unpaired) electrons. The molecule has 0 atom stereocenters. The molecule has 0 aromatic heterocycles. The molecule has 0 saturated heterocycles. The van der Waals surface area contributed by atoms with Gasteiger partial charge < -0.3 is 10.4 Å². The van der Waals surface area contributed by atoms with E-state index in [1.165, 1.54) is 0 Å². The van der Waals surface area contributed by atoms with Gasteiger partial charge in [-0.25, -0.2) is 0 Å². The zero-order chi connectivity index (χ0) is 11.3. The maximum atomic E-state index is 11.7. The summed E-state index contributed by atoms with van der Waals surface area (Å²) in [6, 6.07) is 5.65. The molecule has 15 heavy (non-hydrogen) atoms. The van der Waals surface area contributed by atoms with Crippen molar-refractivity contribution in [1.82, 2.24) is 5.32 Å². The molecular weight excluding hydrogens is 305 g/mol. The summed E-state index contributed by atoms with van der Waals surface area (Å²) in [5.74, 6) is -0.0699. The van der Waals surface area contributed by atoms with Crippen LogP contribution >= 0.6 is 22.6 Å². The van der Waals surface area contributed by atoms with Gasteiger partial charge in [-0.1, -0.05) is 6.07 Å². The van der Waals surface area contributed by atoms with E-state index in [0.29, 0.717) is 18.5 Å². The maximum Gasteiger partial charge on any atom is 0.251 e. The van der Waals surface area contributed by atoms with Gasteiger partial charge in [0.1, 0.15) is 0 Å². The monoisotopic (exact) mass is 319 g/mol. The van der Waals surface area contributed by atoms with E-state index in [0.717, 1.165) is 9.13 Å². The molecule has 0 saturated carbocycles. The molecule has 0 heterocycles. The summed E-state index contributed by atoms with van der Waals surface area (Å²) in [6.45, 7) is 2.55. The van der Waals surface area contributed by atoms with Crippen molar-refractivity contribution in [3.8, 4) is 0 Å². The minimum Gasteiger partial charge on any atom is -0.396 e. The Labute approximate surface area is 103 Å². The Morgan fingerprint density at radius 3 is 2.93 bits per heavy atom. The van der Waals surface area contributed by atoms with Gasteiger partial charge in [-0.3, -0.25) is 4.79 Å². The predicted molar refractivity (Wildman–Crippen MR) is 67.9 cm³/mol. The van der Waals surface area contributed by atoms with Gasteiger partial charge in [0.25, 0.3) is 5.91 Å². The molecule has 0 aliphatic rings. The van der Waals surface area contributed by atoms with Gasteiger partial charge in [0.15, 0.2) is 0 Å². The van der Waals surface area contributed by atoms with Crippen LogP contribution in [0.4, 0.5) is 0 Å². The summed E-state index contributed by atoms with van der Waals surface area (Å²) in [5, 5.41) is 11.4. The number of benzene rings is 1. The van der Waals surface area contributed by atoms with Crippen molar-refractivity contribution in [2.75, 3.05) is 13.2 Å². The smallest absolute Gasteiger partial charge is 0.251 e. The van der Waals surface area contributed by atoms with Crippen LogP contribution in [0, 0.1) is 10.5 Å². The molecule has 1 aromatic rings. The van der Waals surface area contributed by atoms with Crippen molar-refractivity contribution in [3.63, 3.8) is 0 Å². The largest absolute Gasteiger partial charge is 0.396 e. The normalized spacial score (nSPS) is 10.1. The van der Waals surface area contributed by atoms with Crippen LogP contribution in [0.3, 0.4) is 0 Å². The van der Waals surface area contributed by atoms with Gasteiger partial charge in [0, 0.05) is 22.3 Å². The summed E-state index contributed by atoms with van der Waals surface area (Å²) >= 11 is 2.21. The second-order valence-corrected chi connectivity index (χ2v) is 4.41. The molecular formula is C11H14INO2. The van der Waals surface area contributed by atoms with E-state index in [4.69, 9.17) is 5.11 Å². The second kappa shape index (κ2) is 6.07. The Morgan fingerprint density at radius 1 is 1.53 bits per heavy atom. The SMILES string of the molecule is Cc1c(I)cccc1C(=O)NCCCO. The molecule has 1 aromatic carbocycles. The topological polar surface area (TPSA) is 49.3 Å². The first kappa shape index (κ1) is 12.4. The van der Waals surface area contributed by atoms with E-state index in [2.05, 4.69) is 27.9 Å². The van der Waals surface area contributed by atoms with Crippen LogP contribution < -0.4 is 5.32 Å². The molecule has 0 aliphatic heterocycles. The zero-order valence-corrected chi connectivity index (χ0v) is 10.7. The average Bonchev–Trinajstić information content (AvgIpc) is 2.22. The summed E-state index contributed by atoms with van der Waals surface area (Å²) in [4.78, 5) is 11.7. The minimum absolute atomic E-state index is 0.0699. The number of amides is 1. The summed E-state index contributed by atoms with van der Waals surface area (Å²) in [6.07, 6.45) is 0.592. The third-order valence-electron chi connectivity index (χ3n) is 2.13. The fraction of sp³-hybridized carbons (Fsp3) is 0.364. The molecule has 1 rings (SSSR count). The molecule has 0 fully saturated rings. The Bertz CT molecular complexity index is 352. The number of carbonyl (C=O) groups excluding carboxylic acids is 1. The van der Waals surface area contributed by atoms with Crippen molar-refractivity contribution in [3.05, 3.63) is 32.9 Å². The number of aliphatic hydroxyl groups excluding tert-OH is 1. The maximum absolute atomic E-state index is 11.7. The lowest BCUT2D eigenvalue weighted by molar-refractivity contribution is 0.0950. The van der Waals surface area contributed by atoms with Gasteiger partial charge in [-0.05, 0) is 53.6 Å². The Hall–Kier alpha value is -0.620. The highest BCUT2D eigenvalue weighted by atomic mass is 127. The highest BCUT2D eigenvalue weighted by molar-refractivity contribution is 14.1. The number of halogens is 1. The molecule has 0 aliphatic carbocycles. The first-order chi connectivity index (χ1) is 7.16. The molecule has 1 amide bonds. The predicted octanol–water partition coefficient (Wildman–Crippen LogP) is 1.71. The third-order valence-corrected chi connectivity index (χ3v) is 3.30. The molecule has 82 valence electrons. The van der Waals surface area contributed by atoms with E-state index < -0.39 is 0 Å². The van der Waals surface area contributed by atoms with Crippen LogP contribution in [-0.2, 0) is 0 Å². The minimum atomic E-state index is -0.0699. The molecule has 2 N–H and O–H groups in total. The van der Waals surface area contributed by atoms with Crippen LogP contribution in [0.15, 0.2) is 18.2 Å². The van der Waals surface area contributed by atoms with Crippen molar-refractivity contribution in [2.24, 2.45) is 0 Å². The highest BCUT2D eigenvalue weighted by Crippen LogP contribution is 2.15. The summed E-state index contributed by atoms with van der Waals surface area (Å²) < 4.78 is 1.09. The van der Waals surface area contributed by atoms with Crippen molar-refractivity contribution in [2.45, 2.75) is 13.3 Å². The second-order valence-electron chi connectivity index (χ2n) is 3.25. The quantitative estimate of drug-likeness (QED) is 0.656. The number of carbonyl (C=O) groups is 1. The number of rotatable bonds is 4. The van der Waals surface area contributed by atoms with E-state index in [1.54, 1.807) is 0 Å². The molecule has 0 spiro atoms. The van der Waals surface area contributed by atoms with Crippen LogP contribution in [-0.4, -0.2) is 24.2 Å².